The largest absolute Gasteiger partial charge is 0.394 e. The van der Waals surface area contributed by atoms with Crippen LogP contribution in [0.1, 0.15) is 65.7 Å². The molecular formula is C18H33NO2. The molecule has 3 rings (SSSR count). The molecule has 0 saturated heterocycles. The molecule has 3 saturated carbocycles. The summed E-state index contributed by atoms with van der Waals surface area (Å²) in [4.78, 5) is 0. The Hall–Kier alpha value is -0.120. The zero-order valence-electron chi connectivity index (χ0n) is 14.0. The second-order valence-electron chi connectivity index (χ2n) is 8.85. The summed E-state index contributed by atoms with van der Waals surface area (Å²) in [7, 11) is 0. The fraction of sp³-hybridized carbons (Fsp3) is 1.00. The van der Waals surface area contributed by atoms with Gasteiger partial charge in [0.2, 0.25) is 0 Å². The van der Waals surface area contributed by atoms with E-state index in [0.29, 0.717) is 30.1 Å². The maximum absolute atomic E-state index is 10.0. The Balaban J connectivity index is 1.58. The second-order valence-corrected chi connectivity index (χ2v) is 8.85. The highest BCUT2D eigenvalue weighted by atomic mass is 16.5. The quantitative estimate of drug-likeness (QED) is 0.758. The molecule has 3 aliphatic rings. The standard InChI is InChI=1S/C18H33NO2/c1-13-8-16(10-17(2,3)9-13)21-12-18(11-20,14-4-5-14)19-15-6-7-15/h13-16,19-20H,4-12H2,1-3H3. The lowest BCUT2D eigenvalue weighted by atomic mass is 9.71. The predicted molar refractivity (Wildman–Crippen MR) is 85.2 cm³/mol. The molecule has 3 aliphatic carbocycles. The van der Waals surface area contributed by atoms with Crippen LogP contribution in [0, 0.1) is 17.3 Å². The minimum Gasteiger partial charge on any atom is -0.394 e. The normalized spacial score (nSPS) is 35.4. The van der Waals surface area contributed by atoms with Gasteiger partial charge in [-0.3, -0.25) is 0 Å². The summed E-state index contributed by atoms with van der Waals surface area (Å²) in [6.07, 6.45) is 9.04. The van der Waals surface area contributed by atoms with Crippen LogP contribution in [-0.2, 0) is 4.74 Å². The molecule has 0 radical (unpaired) electrons. The van der Waals surface area contributed by atoms with Crippen LogP contribution in [0.5, 0.6) is 0 Å². The minimum atomic E-state index is -0.161. The van der Waals surface area contributed by atoms with Gasteiger partial charge in [-0.2, -0.15) is 0 Å². The average Bonchev–Trinajstić information content (AvgIpc) is 3.24. The van der Waals surface area contributed by atoms with Crippen molar-refractivity contribution in [1.29, 1.82) is 0 Å². The van der Waals surface area contributed by atoms with Gasteiger partial charge in [-0.05, 0) is 62.2 Å². The van der Waals surface area contributed by atoms with Crippen molar-refractivity contribution in [1.82, 2.24) is 5.32 Å². The summed E-state index contributed by atoms with van der Waals surface area (Å²) >= 11 is 0. The average molecular weight is 295 g/mol. The first-order chi connectivity index (χ1) is 9.92. The van der Waals surface area contributed by atoms with Gasteiger partial charge >= 0.3 is 0 Å². The van der Waals surface area contributed by atoms with Crippen molar-refractivity contribution < 1.29 is 9.84 Å². The third-order valence-corrected chi connectivity index (χ3v) is 5.63. The Morgan fingerprint density at radius 1 is 1.19 bits per heavy atom. The maximum Gasteiger partial charge on any atom is 0.0681 e. The highest BCUT2D eigenvalue weighted by Gasteiger charge is 2.48. The molecule has 0 amide bonds. The summed E-state index contributed by atoms with van der Waals surface area (Å²) in [5.74, 6) is 1.37. The first kappa shape index (κ1) is 15.8. The molecule has 0 aromatic heterocycles. The van der Waals surface area contributed by atoms with Gasteiger partial charge in [-0.25, -0.2) is 0 Å². The van der Waals surface area contributed by atoms with Crippen LogP contribution in [0.15, 0.2) is 0 Å². The van der Waals surface area contributed by atoms with Gasteiger partial charge in [0, 0.05) is 6.04 Å². The van der Waals surface area contributed by atoms with Crippen molar-refractivity contribution in [2.45, 2.75) is 83.4 Å². The fourth-order valence-electron chi connectivity index (χ4n) is 4.42. The van der Waals surface area contributed by atoms with Crippen molar-refractivity contribution in [2.75, 3.05) is 13.2 Å². The van der Waals surface area contributed by atoms with Crippen LogP contribution in [-0.4, -0.2) is 36.0 Å². The monoisotopic (exact) mass is 295 g/mol. The lowest BCUT2D eigenvalue weighted by molar-refractivity contribution is -0.0614. The molecule has 21 heavy (non-hydrogen) atoms. The van der Waals surface area contributed by atoms with Crippen LogP contribution in [0.2, 0.25) is 0 Å². The van der Waals surface area contributed by atoms with Crippen LogP contribution < -0.4 is 5.32 Å². The molecule has 122 valence electrons. The van der Waals surface area contributed by atoms with Gasteiger partial charge in [0.25, 0.3) is 0 Å². The topological polar surface area (TPSA) is 41.5 Å². The molecule has 3 heteroatoms. The molecule has 3 nitrogen and oxygen atoms in total. The van der Waals surface area contributed by atoms with Gasteiger partial charge in [-0.15, -0.1) is 0 Å². The molecule has 0 aromatic carbocycles. The van der Waals surface area contributed by atoms with E-state index in [-0.39, 0.29) is 12.1 Å². The van der Waals surface area contributed by atoms with Gasteiger partial charge in [0.05, 0.1) is 24.9 Å². The number of rotatable bonds is 7. The van der Waals surface area contributed by atoms with E-state index in [1.165, 1.54) is 38.5 Å². The predicted octanol–water partition coefficient (Wildman–Crippen LogP) is 3.11. The maximum atomic E-state index is 10.0. The van der Waals surface area contributed by atoms with Gasteiger partial charge in [-0.1, -0.05) is 20.8 Å². The van der Waals surface area contributed by atoms with Crippen LogP contribution in [0.4, 0.5) is 0 Å². The first-order valence-corrected chi connectivity index (χ1v) is 8.93. The molecule has 0 aromatic rings. The Morgan fingerprint density at radius 3 is 2.43 bits per heavy atom. The van der Waals surface area contributed by atoms with Gasteiger partial charge in [0.1, 0.15) is 0 Å². The Kier molecular flexibility index (Phi) is 4.37. The fourth-order valence-corrected chi connectivity index (χ4v) is 4.42. The SMILES string of the molecule is CC1CC(OCC(CO)(NC2CC2)C2CC2)CC(C)(C)C1. The molecule has 2 N–H and O–H groups in total. The number of hydrogen-bond donors (Lipinski definition) is 2. The van der Waals surface area contributed by atoms with Crippen LogP contribution in [0.3, 0.4) is 0 Å². The number of aliphatic hydroxyl groups excluding tert-OH is 1. The number of aliphatic hydroxyl groups is 1. The van der Waals surface area contributed by atoms with E-state index in [9.17, 15) is 5.11 Å². The summed E-state index contributed by atoms with van der Waals surface area (Å²) in [6.45, 7) is 7.99. The molecular weight excluding hydrogens is 262 g/mol. The van der Waals surface area contributed by atoms with Crippen LogP contribution >= 0.6 is 0 Å². The molecule has 3 atom stereocenters. The van der Waals surface area contributed by atoms with E-state index in [0.717, 1.165) is 12.3 Å². The Bertz CT molecular complexity index is 362. The van der Waals surface area contributed by atoms with Crippen molar-refractivity contribution in [2.24, 2.45) is 17.3 Å². The Morgan fingerprint density at radius 2 is 1.90 bits per heavy atom. The zero-order chi connectivity index (χ0) is 15.1. The zero-order valence-corrected chi connectivity index (χ0v) is 14.0. The number of ether oxygens (including phenoxy) is 1. The molecule has 0 bridgehead atoms. The molecule has 3 fully saturated rings. The van der Waals surface area contributed by atoms with Gasteiger partial charge < -0.3 is 15.2 Å². The lowest BCUT2D eigenvalue weighted by Crippen LogP contribution is -2.56. The van der Waals surface area contributed by atoms with E-state index in [2.05, 4.69) is 26.1 Å². The van der Waals surface area contributed by atoms with E-state index >= 15 is 0 Å². The summed E-state index contributed by atoms with van der Waals surface area (Å²) in [6, 6.07) is 0.628. The lowest BCUT2D eigenvalue weighted by Gasteiger charge is -2.41. The summed E-state index contributed by atoms with van der Waals surface area (Å²) in [5, 5.41) is 13.7. The van der Waals surface area contributed by atoms with Gasteiger partial charge in [0.15, 0.2) is 0 Å². The smallest absolute Gasteiger partial charge is 0.0681 e. The Labute approximate surface area is 129 Å². The van der Waals surface area contributed by atoms with E-state index in [1.807, 2.05) is 0 Å². The third-order valence-electron chi connectivity index (χ3n) is 5.63. The highest BCUT2D eigenvalue weighted by Crippen LogP contribution is 2.43. The van der Waals surface area contributed by atoms with Crippen molar-refractivity contribution in [3.05, 3.63) is 0 Å². The molecule has 0 aliphatic heterocycles. The molecule has 0 heterocycles. The summed E-state index contributed by atoms with van der Waals surface area (Å²) < 4.78 is 6.35. The summed E-state index contributed by atoms with van der Waals surface area (Å²) in [5.41, 5.74) is 0.236. The van der Waals surface area contributed by atoms with Crippen LogP contribution in [0.25, 0.3) is 0 Å². The van der Waals surface area contributed by atoms with E-state index in [1.54, 1.807) is 0 Å². The number of nitrogens with one attached hydrogen (secondary N) is 1. The van der Waals surface area contributed by atoms with Crippen molar-refractivity contribution in [3.8, 4) is 0 Å². The molecule has 3 unspecified atom stereocenters. The number of hydrogen-bond acceptors (Lipinski definition) is 3. The second kappa shape index (κ2) is 5.82. The first-order valence-electron chi connectivity index (χ1n) is 8.93. The van der Waals surface area contributed by atoms with Crippen molar-refractivity contribution in [3.63, 3.8) is 0 Å². The van der Waals surface area contributed by atoms with Crippen molar-refractivity contribution >= 4 is 0 Å². The van der Waals surface area contributed by atoms with E-state index in [4.69, 9.17) is 4.74 Å². The molecule has 0 spiro atoms. The van der Waals surface area contributed by atoms with E-state index < -0.39 is 0 Å². The minimum absolute atomic E-state index is 0.161. The third kappa shape index (κ3) is 4.00. The highest BCUT2D eigenvalue weighted by molar-refractivity contribution is 5.05.